The molecule has 0 N–H and O–H groups in total. The minimum Gasteiger partial charge on any atom is -0.493 e. The van der Waals surface area contributed by atoms with E-state index in [2.05, 4.69) is 33.5 Å². The van der Waals surface area contributed by atoms with Gasteiger partial charge in [0.1, 0.15) is 24.6 Å². The number of rotatable bonds is 12. The van der Waals surface area contributed by atoms with E-state index in [9.17, 15) is 4.39 Å². The van der Waals surface area contributed by atoms with Gasteiger partial charge in [-0.3, -0.25) is 4.90 Å². The fraction of sp³-hybridized carbons (Fsp3) is 0.483. The van der Waals surface area contributed by atoms with E-state index in [1.807, 2.05) is 18.5 Å². The molecule has 0 aliphatic carbocycles. The number of likely N-dealkylation sites (tertiary alicyclic amines) is 1. The molecular formula is C29H38FN3O4. The highest BCUT2D eigenvalue weighted by Gasteiger charge is 2.34. The predicted octanol–water partition coefficient (Wildman–Crippen LogP) is 5.12. The van der Waals surface area contributed by atoms with E-state index in [4.69, 9.17) is 18.9 Å². The summed E-state index contributed by atoms with van der Waals surface area (Å²) in [6, 6.07) is 12.7. The lowest BCUT2D eigenvalue weighted by Gasteiger charge is -2.31. The monoisotopic (exact) mass is 511 g/mol. The zero-order valence-electron chi connectivity index (χ0n) is 22.1. The smallest absolute Gasteiger partial charge is 0.165 e. The molecule has 0 saturated carbocycles. The number of ether oxygens (including phenoxy) is 4. The first kappa shape index (κ1) is 26.9. The van der Waals surface area contributed by atoms with Crippen molar-refractivity contribution in [1.82, 2.24) is 14.5 Å². The fourth-order valence-corrected chi connectivity index (χ4v) is 4.86. The number of aromatic nitrogens is 2. The second kappa shape index (κ2) is 12.9. The van der Waals surface area contributed by atoms with Crippen LogP contribution in [0.15, 0.2) is 54.9 Å². The van der Waals surface area contributed by atoms with Gasteiger partial charge in [-0.1, -0.05) is 25.1 Å². The van der Waals surface area contributed by atoms with E-state index in [-0.39, 0.29) is 11.6 Å². The maximum atomic E-state index is 14.0. The topological polar surface area (TPSA) is 58.0 Å². The van der Waals surface area contributed by atoms with E-state index in [1.54, 1.807) is 32.4 Å². The first-order valence-electron chi connectivity index (χ1n) is 13.0. The summed E-state index contributed by atoms with van der Waals surface area (Å²) < 4.78 is 39.6. The minimum atomic E-state index is -0.431. The molecule has 2 heterocycles. The third kappa shape index (κ3) is 7.02. The Morgan fingerprint density at radius 2 is 1.86 bits per heavy atom. The number of methoxy groups -OCH3 is 2. The van der Waals surface area contributed by atoms with Gasteiger partial charge < -0.3 is 23.5 Å². The van der Waals surface area contributed by atoms with Crippen molar-refractivity contribution in [3.63, 3.8) is 0 Å². The molecule has 1 aromatic heterocycles. The average molecular weight is 512 g/mol. The Balaban J connectivity index is 1.32. The van der Waals surface area contributed by atoms with Crippen molar-refractivity contribution in [2.24, 2.45) is 0 Å². The largest absolute Gasteiger partial charge is 0.493 e. The zero-order valence-corrected chi connectivity index (χ0v) is 22.1. The summed E-state index contributed by atoms with van der Waals surface area (Å²) in [5.41, 5.74) is 0.735. The summed E-state index contributed by atoms with van der Waals surface area (Å²) in [7, 11) is 3.39. The zero-order chi connectivity index (χ0) is 26.1. The average Bonchev–Trinajstić information content (AvgIpc) is 3.28. The first-order valence-corrected chi connectivity index (χ1v) is 13.0. The molecule has 7 nitrogen and oxygen atoms in total. The summed E-state index contributed by atoms with van der Waals surface area (Å²) in [5.74, 6) is 2.45. The van der Waals surface area contributed by atoms with Crippen LogP contribution in [0.3, 0.4) is 0 Å². The van der Waals surface area contributed by atoms with Crippen molar-refractivity contribution in [3.05, 3.63) is 72.1 Å². The number of para-hydroxylation sites is 1. The number of benzene rings is 2. The van der Waals surface area contributed by atoms with E-state index in [0.717, 1.165) is 69.2 Å². The standard InChI is InChI=1S/C29H38FN3O4/c1-4-28-31-14-17-33(28)18-19-36-26-11-10-23(20-27(26)34-2)21-32-15-7-12-29(35-3,13-16-32)22-37-25-9-6-5-8-24(25)30/h5-6,8-11,14,17,20H,4,7,12-13,15-16,18-19,21-22H2,1-3H3/t29-/m0/s1. The Bertz CT molecular complexity index is 1140. The molecule has 0 unspecified atom stereocenters. The molecule has 8 heteroatoms. The van der Waals surface area contributed by atoms with Crippen molar-refractivity contribution in [2.75, 3.05) is 40.5 Å². The van der Waals surface area contributed by atoms with Gasteiger partial charge in [-0.2, -0.15) is 0 Å². The number of imidazole rings is 1. The molecule has 0 spiro atoms. The molecule has 0 bridgehead atoms. The highest BCUT2D eigenvalue weighted by atomic mass is 19.1. The molecule has 1 fully saturated rings. The van der Waals surface area contributed by atoms with Crippen molar-refractivity contribution in [3.8, 4) is 17.2 Å². The van der Waals surface area contributed by atoms with Crippen LogP contribution >= 0.6 is 0 Å². The van der Waals surface area contributed by atoms with Crippen LogP contribution in [0.1, 0.15) is 37.6 Å². The summed E-state index contributed by atoms with van der Waals surface area (Å²) in [4.78, 5) is 6.78. The lowest BCUT2D eigenvalue weighted by atomic mass is 9.95. The van der Waals surface area contributed by atoms with Gasteiger partial charge in [-0.15, -0.1) is 0 Å². The van der Waals surface area contributed by atoms with Gasteiger partial charge >= 0.3 is 0 Å². The quantitative estimate of drug-likeness (QED) is 0.336. The molecule has 1 aliphatic rings. The summed E-state index contributed by atoms with van der Waals surface area (Å²) in [5, 5.41) is 0. The maximum Gasteiger partial charge on any atom is 0.165 e. The minimum absolute atomic E-state index is 0.269. The van der Waals surface area contributed by atoms with Gasteiger partial charge in [-0.25, -0.2) is 9.37 Å². The predicted molar refractivity (Wildman–Crippen MR) is 141 cm³/mol. The van der Waals surface area contributed by atoms with Gasteiger partial charge in [0.05, 0.1) is 13.7 Å². The summed E-state index contributed by atoms with van der Waals surface area (Å²) in [6.07, 6.45) is 7.34. The van der Waals surface area contributed by atoms with Crippen LogP contribution in [0.2, 0.25) is 0 Å². The molecule has 4 rings (SSSR count). The molecule has 1 aliphatic heterocycles. The number of aryl methyl sites for hydroxylation is 1. The number of halogens is 1. The van der Waals surface area contributed by atoms with E-state index < -0.39 is 5.60 Å². The normalized spacial score (nSPS) is 18.4. The van der Waals surface area contributed by atoms with Crippen LogP contribution in [-0.4, -0.2) is 60.6 Å². The number of hydrogen-bond donors (Lipinski definition) is 0. The Morgan fingerprint density at radius 1 is 1.00 bits per heavy atom. The van der Waals surface area contributed by atoms with Crippen molar-refractivity contribution >= 4 is 0 Å². The summed E-state index contributed by atoms with van der Waals surface area (Å²) >= 11 is 0. The third-order valence-corrected chi connectivity index (χ3v) is 7.09. The first-order chi connectivity index (χ1) is 18.1. The highest BCUT2D eigenvalue weighted by Crippen LogP contribution is 2.31. The van der Waals surface area contributed by atoms with Crippen LogP contribution < -0.4 is 14.2 Å². The lowest BCUT2D eigenvalue weighted by Crippen LogP contribution is -2.39. The molecule has 0 amide bonds. The molecule has 0 radical (unpaired) electrons. The van der Waals surface area contributed by atoms with Gasteiger partial charge in [0.25, 0.3) is 0 Å². The van der Waals surface area contributed by atoms with Crippen LogP contribution in [-0.2, 0) is 24.2 Å². The van der Waals surface area contributed by atoms with E-state index >= 15 is 0 Å². The Kier molecular flexibility index (Phi) is 9.41. The van der Waals surface area contributed by atoms with Crippen LogP contribution in [0, 0.1) is 5.82 Å². The lowest BCUT2D eigenvalue weighted by molar-refractivity contribution is -0.0548. The van der Waals surface area contributed by atoms with E-state index in [0.29, 0.717) is 13.2 Å². The van der Waals surface area contributed by atoms with Crippen LogP contribution in [0.5, 0.6) is 17.2 Å². The third-order valence-electron chi connectivity index (χ3n) is 7.09. The summed E-state index contributed by atoms with van der Waals surface area (Å²) in [6.45, 7) is 6.33. The van der Waals surface area contributed by atoms with E-state index in [1.165, 1.54) is 11.6 Å². The highest BCUT2D eigenvalue weighted by molar-refractivity contribution is 5.43. The molecule has 3 aromatic rings. The maximum absolute atomic E-state index is 14.0. The number of nitrogens with zero attached hydrogens (tertiary/aromatic N) is 3. The molecule has 1 atom stereocenters. The fourth-order valence-electron chi connectivity index (χ4n) is 4.86. The van der Waals surface area contributed by atoms with Crippen molar-refractivity contribution in [1.29, 1.82) is 0 Å². The SMILES string of the molecule is CCc1nccn1CCOc1ccc(CN2CCC[C@](COc3ccccc3F)(OC)CC2)cc1OC. The van der Waals surface area contributed by atoms with Gasteiger partial charge in [-0.05, 0) is 55.6 Å². The van der Waals surface area contributed by atoms with Gasteiger partial charge in [0.2, 0.25) is 0 Å². The molecule has 2 aromatic carbocycles. The van der Waals surface area contributed by atoms with Crippen LogP contribution in [0.4, 0.5) is 4.39 Å². The molecule has 1 saturated heterocycles. The second-order valence-corrected chi connectivity index (χ2v) is 9.46. The Hall–Kier alpha value is -3.10. The van der Waals surface area contributed by atoms with Crippen molar-refractivity contribution < 1.29 is 23.3 Å². The molecular weight excluding hydrogens is 473 g/mol. The number of hydrogen-bond acceptors (Lipinski definition) is 6. The van der Waals surface area contributed by atoms with Gasteiger partial charge in [0, 0.05) is 39.0 Å². The van der Waals surface area contributed by atoms with Crippen molar-refractivity contribution in [2.45, 2.75) is 51.3 Å². The Morgan fingerprint density at radius 3 is 2.65 bits per heavy atom. The molecule has 37 heavy (non-hydrogen) atoms. The van der Waals surface area contributed by atoms with Gasteiger partial charge in [0.15, 0.2) is 23.1 Å². The second-order valence-electron chi connectivity index (χ2n) is 9.46. The Labute approximate surface area is 219 Å². The van der Waals surface area contributed by atoms with Crippen LogP contribution in [0.25, 0.3) is 0 Å². The molecule has 200 valence electrons.